The van der Waals surface area contributed by atoms with Gasteiger partial charge in [0.15, 0.2) is 0 Å². The van der Waals surface area contributed by atoms with Crippen LogP contribution in [-0.4, -0.2) is 55.7 Å². The predicted molar refractivity (Wildman–Crippen MR) is 131 cm³/mol. The average molecular weight is 605 g/mol. The maximum absolute atomic E-state index is 12.8. The number of rotatable bonds is 9. The lowest BCUT2D eigenvalue weighted by Crippen LogP contribution is -2.30. The Morgan fingerprint density at radius 1 is 1.24 bits per heavy atom. The van der Waals surface area contributed by atoms with E-state index in [9.17, 15) is 31.2 Å². The summed E-state index contributed by atoms with van der Waals surface area (Å²) in [6.07, 6.45) is -5.37. The van der Waals surface area contributed by atoms with Gasteiger partial charge in [0.05, 0.1) is 23.0 Å². The van der Waals surface area contributed by atoms with Gasteiger partial charge in [0.1, 0.15) is 17.2 Å². The Bertz CT molecular complexity index is 1360. The molecule has 13 nitrogen and oxygen atoms in total. The number of sulfonamides is 1. The van der Waals surface area contributed by atoms with Gasteiger partial charge in [-0.2, -0.15) is 13.2 Å². The van der Waals surface area contributed by atoms with Gasteiger partial charge in [-0.3, -0.25) is 14.3 Å². The number of aryl methyl sites for hydroxylation is 1. The molecule has 0 radical (unpaired) electrons. The van der Waals surface area contributed by atoms with Crippen molar-refractivity contribution in [2.75, 3.05) is 17.9 Å². The first-order chi connectivity index (χ1) is 17.5. The van der Waals surface area contributed by atoms with Crippen molar-refractivity contribution in [3.05, 3.63) is 55.9 Å². The Labute approximate surface area is 223 Å². The molecule has 1 amide bonds. The van der Waals surface area contributed by atoms with E-state index < -0.39 is 33.6 Å². The van der Waals surface area contributed by atoms with Crippen molar-refractivity contribution < 1.29 is 41.1 Å². The minimum atomic E-state index is -5.08. The van der Waals surface area contributed by atoms with Crippen LogP contribution in [0.4, 0.5) is 18.9 Å². The molecule has 0 spiro atoms. The maximum atomic E-state index is 12.8. The fourth-order valence-corrected chi connectivity index (χ4v) is 4.35. The number of halogens is 5. The van der Waals surface area contributed by atoms with Crippen molar-refractivity contribution in [2.24, 2.45) is 16.6 Å². The zero-order chi connectivity index (χ0) is 29.3. The molecule has 0 bridgehead atoms. The number of nitrogens with one attached hydrogen (secondary N) is 3. The Morgan fingerprint density at radius 3 is 2.39 bits per heavy atom. The van der Waals surface area contributed by atoms with Gasteiger partial charge < -0.3 is 31.7 Å². The van der Waals surface area contributed by atoms with Gasteiger partial charge in [-0.05, 0) is 35.8 Å². The molecule has 38 heavy (non-hydrogen) atoms. The van der Waals surface area contributed by atoms with Crippen molar-refractivity contribution in [1.29, 1.82) is 0 Å². The van der Waals surface area contributed by atoms with Gasteiger partial charge in [0.25, 0.3) is 15.6 Å². The molecule has 0 saturated heterocycles. The summed E-state index contributed by atoms with van der Waals surface area (Å²) < 4.78 is 59.5. The SMILES string of the molecule is Cc1cc(CC(=O)NCCON=C(N)N)c(NS(=O)(=O)c2cccc(Cl)c2Cl)c(=O)[nH]1.O=C(O)C(F)(F)F. The number of nitrogens with two attached hydrogens (primary N) is 2. The van der Waals surface area contributed by atoms with E-state index in [4.69, 9.17) is 49.4 Å². The van der Waals surface area contributed by atoms with Crippen molar-refractivity contribution in [3.8, 4) is 0 Å². The van der Waals surface area contributed by atoms with E-state index in [1.54, 1.807) is 6.92 Å². The lowest BCUT2D eigenvalue weighted by Gasteiger charge is -2.14. The number of hydrogen-bond donors (Lipinski definition) is 6. The Kier molecular flexibility index (Phi) is 11.7. The third kappa shape index (κ3) is 10.3. The first-order valence-electron chi connectivity index (χ1n) is 9.93. The number of H-pyrrole nitrogens is 1. The molecule has 0 unspecified atom stereocenters. The zero-order valence-electron chi connectivity index (χ0n) is 19.2. The average Bonchev–Trinajstić information content (AvgIpc) is 2.77. The van der Waals surface area contributed by atoms with Gasteiger partial charge >= 0.3 is 12.1 Å². The highest BCUT2D eigenvalue weighted by Gasteiger charge is 2.38. The molecule has 0 saturated carbocycles. The molecular formula is C19H21Cl2F3N6O7S. The first-order valence-corrected chi connectivity index (χ1v) is 12.2. The summed E-state index contributed by atoms with van der Waals surface area (Å²) >= 11 is 11.9. The number of pyridine rings is 1. The molecule has 1 aromatic carbocycles. The second kappa shape index (κ2) is 13.7. The van der Waals surface area contributed by atoms with Crippen LogP contribution in [0.25, 0.3) is 0 Å². The number of aromatic amines is 1. The number of anilines is 1. The topological polar surface area (TPSA) is 219 Å². The monoisotopic (exact) mass is 604 g/mol. The highest BCUT2D eigenvalue weighted by Crippen LogP contribution is 2.30. The van der Waals surface area contributed by atoms with Crippen LogP contribution < -0.4 is 27.1 Å². The summed E-state index contributed by atoms with van der Waals surface area (Å²) in [7, 11) is -4.27. The zero-order valence-corrected chi connectivity index (χ0v) is 21.6. The molecule has 2 aromatic rings. The molecular weight excluding hydrogens is 584 g/mol. The third-order valence-corrected chi connectivity index (χ3v) is 6.29. The molecule has 0 aliphatic carbocycles. The number of benzene rings is 1. The normalized spacial score (nSPS) is 11.0. The minimum Gasteiger partial charge on any atom is -0.475 e. The van der Waals surface area contributed by atoms with E-state index in [-0.39, 0.29) is 51.7 Å². The summed E-state index contributed by atoms with van der Waals surface area (Å²) in [6.45, 7) is 1.68. The molecule has 1 heterocycles. The second-order valence-corrected chi connectivity index (χ2v) is 9.45. The quantitative estimate of drug-likeness (QED) is 0.105. The van der Waals surface area contributed by atoms with Crippen LogP contribution in [0.15, 0.2) is 39.1 Å². The molecule has 1 aromatic heterocycles. The summed E-state index contributed by atoms with van der Waals surface area (Å²) in [6, 6.07) is 5.55. The summed E-state index contributed by atoms with van der Waals surface area (Å²) in [5.74, 6) is -3.51. The van der Waals surface area contributed by atoms with Crippen LogP contribution in [0.1, 0.15) is 11.3 Å². The summed E-state index contributed by atoms with van der Waals surface area (Å²) in [5, 5.41) is 12.8. The Hall–Kier alpha value is -3.70. The number of aromatic nitrogens is 1. The number of aliphatic carboxylic acids is 1. The minimum absolute atomic E-state index is 0.00475. The molecule has 0 atom stereocenters. The molecule has 210 valence electrons. The molecule has 0 fully saturated rings. The molecule has 8 N–H and O–H groups in total. The van der Waals surface area contributed by atoms with E-state index in [1.165, 1.54) is 24.3 Å². The fraction of sp³-hybridized carbons (Fsp3) is 0.263. The number of amides is 1. The second-order valence-electron chi connectivity index (χ2n) is 7.02. The molecule has 19 heteroatoms. The Balaban J connectivity index is 0.000000905. The summed E-state index contributed by atoms with van der Waals surface area (Å²) in [4.78, 5) is 40.5. The fourth-order valence-electron chi connectivity index (χ4n) is 2.48. The number of nitrogens with zero attached hydrogens (tertiary/aromatic N) is 1. The number of carboxylic acid groups (broad SMARTS) is 1. The lowest BCUT2D eigenvalue weighted by molar-refractivity contribution is -0.192. The predicted octanol–water partition coefficient (Wildman–Crippen LogP) is 1.29. The van der Waals surface area contributed by atoms with Crippen LogP contribution in [0, 0.1) is 6.92 Å². The van der Waals surface area contributed by atoms with Gasteiger partial charge in [-0.1, -0.05) is 29.3 Å². The molecule has 2 rings (SSSR count). The number of guanidine groups is 1. The highest BCUT2D eigenvalue weighted by atomic mass is 35.5. The molecule has 0 aliphatic rings. The van der Waals surface area contributed by atoms with Crippen molar-refractivity contribution in [2.45, 2.75) is 24.4 Å². The molecule has 0 aliphatic heterocycles. The number of hydrogen-bond acceptors (Lipinski definition) is 7. The van der Waals surface area contributed by atoms with E-state index in [0.29, 0.717) is 5.69 Å². The van der Waals surface area contributed by atoms with Gasteiger partial charge in [-0.25, -0.2) is 13.2 Å². The standard InChI is InChI=1S/C17H20Cl2N6O5S.C2HF3O2/c1-9-7-10(8-13(26)22-5-6-30-24-17(20)21)15(16(27)23-9)25-31(28,29)12-4-2-3-11(18)14(12)19;3-2(4,5)1(6)7/h2-4,7,25H,5-6,8H2,1H3,(H,22,26)(H,23,27)(H4,20,21,24);(H,6,7). The van der Waals surface area contributed by atoms with Crippen molar-refractivity contribution >= 4 is 56.7 Å². The van der Waals surface area contributed by atoms with Gasteiger partial charge in [-0.15, -0.1) is 0 Å². The lowest BCUT2D eigenvalue weighted by atomic mass is 10.1. The van der Waals surface area contributed by atoms with Crippen molar-refractivity contribution in [3.63, 3.8) is 0 Å². The number of carbonyl (C=O) groups is 2. The van der Waals surface area contributed by atoms with E-state index >= 15 is 0 Å². The smallest absolute Gasteiger partial charge is 0.475 e. The van der Waals surface area contributed by atoms with E-state index in [1.807, 2.05) is 0 Å². The van der Waals surface area contributed by atoms with E-state index in [0.717, 1.165) is 0 Å². The van der Waals surface area contributed by atoms with Gasteiger partial charge in [0.2, 0.25) is 11.9 Å². The van der Waals surface area contributed by atoms with Crippen LogP contribution >= 0.6 is 23.2 Å². The van der Waals surface area contributed by atoms with Gasteiger partial charge in [0, 0.05) is 5.69 Å². The number of carboxylic acids is 1. The van der Waals surface area contributed by atoms with Crippen LogP contribution in [0.5, 0.6) is 0 Å². The number of carbonyl (C=O) groups excluding carboxylic acids is 1. The van der Waals surface area contributed by atoms with Crippen LogP contribution in [-0.2, 0) is 30.9 Å². The number of alkyl halides is 3. The largest absolute Gasteiger partial charge is 0.490 e. The third-order valence-electron chi connectivity index (χ3n) is 3.97. The summed E-state index contributed by atoms with van der Waals surface area (Å²) in [5.41, 5.74) is 9.77. The Morgan fingerprint density at radius 2 is 1.84 bits per heavy atom. The number of oxime groups is 1. The van der Waals surface area contributed by atoms with Crippen molar-refractivity contribution in [1.82, 2.24) is 10.3 Å². The maximum Gasteiger partial charge on any atom is 0.490 e. The van der Waals surface area contributed by atoms with E-state index in [2.05, 4.69) is 20.2 Å². The van der Waals surface area contributed by atoms with Crippen LogP contribution in [0.3, 0.4) is 0 Å². The highest BCUT2D eigenvalue weighted by molar-refractivity contribution is 7.92. The first kappa shape index (κ1) is 32.3. The van der Waals surface area contributed by atoms with Crippen LogP contribution in [0.2, 0.25) is 10.0 Å².